The van der Waals surface area contributed by atoms with E-state index in [9.17, 15) is 0 Å². The molecule has 0 saturated carbocycles. The van der Waals surface area contributed by atoms with E-state index in [-0.39, 0.29) is 5.41 Å². The van der Waals surface area contributed by atoms with E-state index in [1.165, 1.54) is 33.0 Å². The minimum Gasteiger partial charge on any atom is -0.437 e. The zero-order valence-corrected chi connectivity index (χ0v) is 24.2. The van der Waals surface area contributed by atoms with E-state index in [0.717, 1.165) is 50.2 Å². The van der Waals surface area contributed by atoms with E-state index >= 15 is 0 Å². The summed E-state index contributed by atoms with van der Waals surface area (Å²) < 4.78 is 9.00. The van der Waals surface area contributed by atoms with Crippen molar-refractivity contribution in [3.63, 3.8) is 0 Å². The topological polar surface area (TPSA) is 43.9 Å². The van der Waals surface area contributed by atoms with Gasteiger partial charge in [0.15, 0.2) is 0 Å². The Kier molecular flexibility index (Phi) is 5.24. The van der Waals surface area contributed by atoms with E-state index in [4.69, 9.17) is 14.4 Å². The largest absolute Gasteiger partial charge is 0.437 e. The fraction of sp³-hybridized carbons (Fsp3) is 0.222. The molecule has 3 heterocycles. The van der Waals surface area contributed by atoms with Crippen molar-refractivity contribution in [2.75, 3.05) is 0 Å². The second-order valence-electron chi connectivity index (χ2n) is 12.2. The molecule has 0 saturated heterocycles. The predicted molar refractivity (Wildman–Crippen MR) is 167 cm³/mol. The number of rotatable bonds is 2. The molecule has 0 fully saturated rings. The number of nitrogens with zero attached hydrogens (tertiary/aromatic N) is 3. The highest BCUT2D eigenvalue weighted by molar-refractivity contribution is 6.12. The smallest absolute Gasteiger partial charge is 0.227 e. The summed E-state index contributed by atoms with van der Waals surface area (Å²) in [6.45, 7) is 15.2. The van der Waals surface area contributed by atoms with Crippen molar-refractivity contribution in [1.29, 1.82) is 0 Å². The molecule has 4 nitrogen and oxygen atoms in total. The Bertz CT molecular complexity index is 2110. The molecule has 0 aliphatic heterocycles. The van der Waals surface area contributed by atoms with Gasteiger partial charge in [-0.15, -0.1) is 0 Å². The van der Waals surface area contributed by atoms with Gasteiger partial charge in [0.05, 0.1) is 22.3 Å². The molecule has 7 aromatic rings. The maximum Gasteiger partial charge on any atom is 0.227 e. The summed E-state index contributed by atoms with van der Waals surface area (Å²) in [5.74, 6) is 0.876. The summed E-state index contributed by atoms with van der Waals surface area (Å²) in [6.07, 6.45) is 0. The van der Waals surface area contributed by atoms with Crippen molar-refractivity contribution in [2.24, 2.45) is 0 Å². The molecule has 0 unspecified atom stereocenters. The first-order valence-electron chi connectivity index (χ1n) is 13.9. The minimum atomic E-state index is -0.0689. The first-order chi connectivity index (χ1) is 19.1. The second-order valence-corrected chi connectivity index (χ2v) is 12.2. The molecule has 4 aromatic carbocycles. The van der Waals surface area contributed by atoms with Gasteiger partial charge in [0.25, 0.3) is 0 Å². The third kappa shape index (κ3) is 3.59. The molecule has 0 aliphatic rings. The van der Waals surface area contributed by atoms with Crippen molar-refractivity contribution in [3.8, 4) is 17.1 Å². The molecule has 0 bridgehead atoms. The Labute approximate surface area is 234 Å². The lowest BCUT2D eigenvalue weighted by Crippen LogP contribution is -2.12. The molecule has 0 atom stereocenters. The zero-order chi connectivity index (χ0) is 27.9. The second kappa shape index (κ2) is 8.53. The molecule has 0 N–H and O–H groups in total. The van der Waals surface area contributed by atoms with Crippen LogP contribution in [-0.2, 0) is 5.41 Å². The molecule has 4 heteroatoms. The fourth-order valence-electron chi connectivity index (χ4n) is 6.28. The van der Waals surface area contributed by atoms with E-state index in [1.54, 1.807) is 0 Å². The fourth-order valence-corrected chi connectivity index (χ4v) is 6.28. The van der Waals surface area contributed by atoms with Gasteiger partial charge in [-0.3, -0.25) is 4.57 Å². The van der Waals surface area contributed by atoms with Crippen LogP contribution in [0.2, 0.25) is 0 Å². The Morgan fingerprint density at radius 1 is 0.725 bits per heavy atom. The lowest BCUT2D eigenvalue weighted by Gasteiger charge is -2.17. The Morgan fingerprint density at radius 2 is 1.48 bits per heavy atom. The number of hydrogen-bond acceptors (Lipinski definition) is 3. The summed E-state index contributed by atoms with van der Waals surface area (Å²) in [7, 11) is 0. The zero-order valence-electron chi connectivity index (χ0n) is 24.2. The van der Waals surface area contributed by atoms with Gasteiger partial charge in [-0.2, -0.15) is 0 Å². The van der Waals surface area contributed by atoms with Gasteiger partial charge in [-0.05, 0) is 74.0 Å². The van der Waals surface area contributed by atoms with Crippen LogP contribution in [0.25, 0.3) is 61.0 Å². The van der Waals surface area contributed by atoms with Crippen LogP contribution in [-0.4, -0.2) is 14.5 Å². The van der Waals surface area contributed by atoms with Crippen LogP contribution < -0.4 is 0 Å². The molecule has 3 aromatic heterocycles. The predicted octanol–water partition coefficient (Wildman–Crippen LogP) is 9.67. The molecule has 0 spiro atoms. The van der Waals surface area contributed by atoms with Crippen LogP contribution in [0, 0.1) is 27.7 Å². The van der Waals surface area contributed by atoms with Gasteiger partial charge < -0.3 is 4.42 Å². The quantitative estimate of drug-likeness (QED) is 0.227. The van der Waals surface area contributed by atoms with Gasteiger partial charge >= 0.3 is 0 Å². The number of hydrogen-bond donors (Lipinski definition) is 0. The summed E-state index contributed by atoms with van der Waals surface area (Å²) in [5.41, 5.74) is 11.5. The number of pyridine rings is 1. The van der Waals surface area contributed by atoms with Crippen LogP contribution in [0.3, 0.4) is 0 Å². The first kappa shape index (κ1) is 24.6. The summed E-state index contributed by atoms with van der Waals surface area (Å²) in [6, 6.07) is 26.0. The molecular formula is C36H33N3O. The molecule has 40 heavy (non-hydrogen) atoms. The van der Waals surface area contributed by atoms with Gasteiger partial charge in [0, 0.05) is 27.3 Å². The van der Waals surface area contributed by atoms with Crippen LogP contribution in [0.15, 0.2) is 77.2 Å². The number of benzene rings is 4. The Balaban J connectivity index is 1.64. The van der Waals surface area contributed by atoms with E-state index in [2.05, 4.69) is 126 Å². The monoisotopic (exact) mass is 523 g/mol. The van der Waals surface area contributed by atoms with E-state index in [1.807, 2.05) is 0 Å². The average Bonchev–Trinajstić information content (AvgIpc) is 3.47. The summed E-state index contributed by atoms with van der Waals surface area (Å²) in [5, 5.41) is 4.52. The highest BCUT2D eigenvalue weighted by Crippen LogP contribution is 2.41. The van der Waals surface area contributed by atoms with Crippen LogP contribution in [0.4, 0.5) is 0 Å². The van der Waals surface area contributed by atoms with Crippen LogP contribution >= 0.6 is 0 Å². The van der Waals surface area contributed by atoms with Crippen molar-refractivity contribution in [3.05, 3.63) is 101 Å². The molecule has 0 radical (unpaired) electrons. The van der Waals surface area contributed by atoms with Crippen LogP contribution in [0.5, 0.6) is 0 Å². The van der Waals surface area contributed by atoms with Crippen molar-refractivity contribution < 1.29 is 4.42 Å². The molecule has 0 aliphatic carbocycles. The SMILES string of the molecule is Cc1cc(C)c(-n2c(-c3ccc(C)c4c3oc3nc(C(C)(C)C)ccc34)nc3ccc4ccccc4c32)c(C)c1. The van der Waals surface area contributed by atoms with Gasteiger partial charge in [-0.1, -0.05) is 74.9 Å². The normalized spacial score (nSPS) is 12.4. The number of fused-ring (bicyclic) bond motifs is 6. The van der Waals surface area contributed by atoms with E-state index in [0.29, 0.717) is 5.71 Å². The van der Waals surface area contributed by atoms with Crippen molar-refractivity contribution >= 4 is 43.9 Å². The van der Waals surface area contributed by atoms with Crippen molar-refractivity contribution in [2.45, 2.75) is 53.9 Å². The maximum absolute atomic E-state index is 6.64. The summed E-state index contributed by atoms with van der Waals surface area (Å²) >= 11 is 0. The Morgan fingerprint density at radius 3 is 2.23 bits per heavy atom. The average molecular weight is 524 g/mol. The standard InChI is InChI=1S/C36H33N3O/c1-20-18-22(3)31(23(4)19-20)39-32-25-11-9-8-10-24(25)13-16-28(32)37-34(39)27-14-12-21(2)30-26-15-17-29(36(5,6)7)38-35(26)40-33(27)30/h8-19H,1-7H3. The summed E-state index contributed by atoms with van der Waals surface area (Å²) in [4.78, 5) is 10.3. The lowest BCUT2D eigenvalue weighted by atomic mass is 9.91. The minimum absolute atomic E-state index is 0.0689. The highest BCUT2D eigenvalue weighted by Gasteiger charge is 2.25. The molecule has 7 rings (SSSR count). The van der Waals surface area contributed by atoms with Gasteiger partial charge in [0.2, 0.25) is 5.71 Å². The van der Waals surface area contributed by atoms with E-state index < -0.39 is 0 Å². The Hall–Kier alpha value is -4.44. The number of aromatic nitrogens is 3. The van der Waals surface area contributed by atoms with Gasteiger partial charge in [-0.25, -0.2) is 9.97 Å². The van der Waals surface area contributed by atoms with Crippen LogP contribution in [0.1, 0.15) is 48.7 Å². The molecule has 0 amide bonds. The van der Waals surface area contributed by atoms with Gasteiger partial charge in [0.1, 0.15) is 11.4 Å². The third-order valence-electron chi connectivity index (χ3n) is 8.10. The first-order valence-corrected chi connectivity index (χ1v) is 13.9. The number of imidazole rings is 1. The lowest BCUT2D eigenvalue weighted by molar-refractivity contribution is 0.562. The highest BCUT2D eigenvalue weighted by atomic mass is 16.3. The maximum atomic E-state index is 6.64. The van der Waals surface area contributed by atoms with Crippen molar-refractivity contribution in [1.82, 2.24) is 14.5 Å². The molecule has 198 valence electrons. The third-order valence-corrected chi connectivity index (χ3v) is 8.10. The molecular weight excluding hydrogens is 490 g/mol. The number of aryl methyl sites for hydroxylation is 4. The number of furan rings is 1.